The SMILES string of the molecule is C=CNc1cc(C(=C)N2CCC(c3ccc(C#N)cc3)CC2)cnc1C. The Kier molecular flexibility index (Phi) is 5.38. The summed E-state index contributed by atoms with van der Waals surface area (Å²) in [6.07, 6.45) is 5.72. The van der Waals surface area contributed by atoms with Gasteiger partial charge in [0.1, 0.15) is 0 Å². The number of piperidine rings is 1. The summed E-state index contributed by atoms with van der Waals surface area (Å²) in [7, 11) is 0. The number of pyridine rings is 1. The summed E-state index contributed by atoms with van der Waals surface area (Å²) in [5.41, 5.74) is 6.01. The number of nitriles is 1. The van der Waals surface area contributed by atoms with E-state index in [0.29, 0.717) is 5.92 Å². The lowest BCUT2D eigenvalue weighted by atomic mass is 9.88. The molecule has 0 aliphatic carbocycles. The fraction of sp³-hybridized carbons (Fsp3) is 0.273. The molecule has 0 atom stereocenters. The Morgan fingerprint density at radius 3 is 2.62 bits per heavy atom. The Hall–Kier alpha value is -3.06. The lowest BCUT2D eigenvalue weighted by Gasteiger charge is -2.35. The molecule has 0 saturated carbocycles. The number of rotatable bonds is 5. The number of anilines is 1. The van der Waals surface area contributed by atoms with Gasteiger partial charge in [-0.1, -0.05) is 25.3 Å². The average molecular weight is 344 g/mol. The van der Waals surface area contributed by atoms with Crippen LogP contribution >= 0.6 is 0 Å². The summed E-state index contributed by atoms with van der Waals surface area (Å²) in [6.45, 7) is 11.9. The summed E-state index contributed by atoms with van der Waals surface area (Å²) in [5, 5.41) is 12.1. The van der Waals surface area contributed by atoms with Crippen molar-refractivity contribution >= 4 is 11.4 Å². The van der Waals surface area contributed by atoms with Crippen molar-refractivity contribution in [2.24, 2.45) is 0 Å². The van der Waals surface area contributed by atoms with Gasteiger partial charge in [0.25, 0.3) is 0 Å². The fourth-order valence-corrected chi connectivity index (χ4v) is 3.44. The van der Waals surface area contributed by atoms with E-state index in [2.05, 4.69) is 52.6 Å². The molecular formula is C22H24N4. The van der Waals surface area contributed by atoms with Crippen LogP contribution in [0.2, 0.25) is 0 Å². The van der Waals surface area contributed by atoms with Gasteiger partial charge < -0.3 is 10.2 Å². The molecule has 0 radical (unpaired) electrons. The Morgan fingerprint density at radius 1 is 1.31 bits per heavy atom. The number of aromatic nitrogens is 1. The molecule has 1 saturated heterocycles. The zero-order valence-electron chi connectivity index (χ0n) is 15.2. The molecule has 0 amide bonds. The molecule has 4 heteroatoms. The molecule has 1 aromatic heterocycles. The van der Waals surface area contributed by atoms with Crippen molar-refractivity contribution in [3.63, 3.8) is 0 Å². The van der Waals surface area contributed by atoms with Crippen molar-refractivity contribution < 1.29 is 0 Å². The molecule has 0 spiro atoms. The highest BCUT2D eigenvalue weighted by Crippen LogP contribution is 2.32. The summed E-state index contributed by atoms with van der Waals surface area (Å²) in [6, 6.07) is 12.3. The Bertz CT molecular complexity index is 837. The van der Waals surface area contributed by atoms with E-state index in [1.165, 1.54) is 5.56 Å². The maximum absolute atomic E-state index is 8.93. The second-order valence-electron chi connectivity index (χ2n) is 6.65. The Balaban J connectivity index is 1.65. The molecular weight excluding hydrogens is 320 g/mol. The second kappa shape index (κ2) is 7.88. The van der Waals surface area contributed by atoms with Crippen LogP contribution in [0.25, 0.3) is 5.70 Å². The van der Waals surface area contributed by atoms with Crippen molar-refractivity contribution in [1.29, 1.82) is 5.26 Å². The molecule has 1 N–H and O–H groups in total. The Labute approximate surface area is 155 Å². The summed E-state index contributed by atoms with van der Waals surface area (Å²) in [5.74, 6) is 0.543. The Morgan fingerprint density at radius 2 is 2.00 bits per heavy atom. The van der Waals surface area contributed by atoms with Gasteiger partial charge in [-0.3, -0.25) is 4.98 Å². The number of hydrogen-bond acceptors (Lipinski definition) is 4. The predicted molar refractivity (Wildman–Crippen MR) is 107 cm³/mol. The predicted octanol–water partition coefficient (Wildman–Crippen LogP) is 4.67. The van der Waals surface area contributed by atoms with Gasteiger partial charge in [0, 0.05) is 30.5 Å². The van der Waals surface area contributed by atoms with Gasteiger partial charge in [0.2, 0.25) is 0 Å². The van der Waals surface area contributed by atoms with Gasteiger partial charge in [0.05, 0.1) is 23.0 Å². The standard InChI is InChI=1S/C22H24N4/c1-4-24-22-13-21(15-25-16(22)2)17(3)26-11-9-20(10-12-26)19-7-5-18(14-23)6-8-19/h4-8,13,15,20,24H,1,3,9-12H2,2H3. The number of nitrogens with zero attached hydrogens (tertiary/aromatic N) is 3. The van der Waals surface area contributed by atoms with E-state index in [1.807, 2.05) is 25.3 Å². The molecule has 132 valence electrons. The van der Waals surface area contributed by atoms with Crippen LogP contribution in [-0.4, -0.2) is 23.0 Å². The van der Waals surface area contributed by atoms with E-state index in [0.717, 1.165) is 54.1 Å². The third-order valence-corrected chi connectivity index (χ3v) is 5.07. The van der Waals surface area contributed by atoms with Crippen molar-refractivity contribution in [3.8, 4) is 6.07 Å². The van der Waals surface area contributed by atoms with Crippen LogP contribution in [0.3, 0.4) is 0 Å². The van der Waals surface area contributed by atoms with Gasteiger partial charge in [-0.2, -0.15) is 5.26 Å². The second-order valence-corrected chi connectivity index (χ2v) is 6.65. The number of likely N-dealkylation sites (tertiary alicyclic amines) is 1. The summed E-state index contributed by atoms with van der Waals surface area (Å²) < 4.78 is 0. The molecule has 0 unspecified atom stereocenters. The lowest BCUT2D eigenvalue weighted by molar-refractivity contribution is 0.299. The molecule has 2 heterocycles. The molecule has 4 nitrogen and oxygen atoms in total. The lowest BCUT2D eigenvalue weighted by Crippen LogP contribution is -2.31. The first-order chi connectivity index (χ1) is 12.6. The van der Waals surface area contributed by atoms with Crippen LogP contribution in [-0.2, 0) is 0 Å². The molecule has 1 aliphatic rings. The highest BCUT2D eigenvalue weighted by atomic mass is 15.1. The van der Waals surface area contributed by atoms with Crippen LogP contribution in [0.15, 0.2) is 55.9 Å². The summed E-state index contributed by atoms with van der Waals surface area (Å²) >= 11 is 0. The molecule has 1 fully saturated rings. The van der Waals surface area contributed by atoms with Crippen LogP contribution in [0.1, 0.15) is 41.1 Å². The van der Waals surface area contributed by atoms with Crippen molar-refractivity contribution in [2.45, 2.75) is 25.7 Å². The monoisotopic (exact) mass is 344 g/mol. The minimum absolute atomic E-state index is 0.543. The van der Waals surface area contributed by atoms with E-state index in [-0.39, 0.29) is 0 Å². The maximum Gasteiger partial charge on any atom is 0.0991 e. The first-order valence-electron chi connectivity index (χ1n) is 8.90. The number of aryl methyl sites for hydroxylation is 1. The van der Waals surface area contributed by atoms with E-state index < -0.39 is 0 Å². The van der Waals surface area contributed by atoms with Crippen LogP contribution in [0, 0.1) is 18.3 Å². The molecule has 1 aliphatic heterocycles. The van der Waals surface area contributed by atoms with Crippen molar-refractivity contribution in [3.05, 3.63) is 78.3 Å². The third-order valence-electron chi connectivity index (χ3n) is 5.07. The third kappa shape index (κ3) is 3.78. The van der Waals surface area contributed by atoms with Gasteiger partial charge in [-0.15, -0.1) is 0 Å². The fourth-order valence-electron chi connectivity index (χ4n) is 3.44. The molecule has 3 rings (SSSR count). The maximum atomic E-state index is 8.93. The minimum atomic E-state index is 0.543. The summed E-state index contributed by atoms with van der Waals surface area (Å²) in [4.78, 5) is 6.81. The van der Waals surface area contributed by atoms with E-state index in [1.54, 1.807) is 6.20 Å². The van der Waals surface area contributed by atoms with Gasteiger partial charge in [-0.05, 0) is 55.6 Å². The average Bonchev–Trinajstić information content (AvgIpc) is 2.69. The zero-order chi connectivity index (χ0) is 18.5. The minimum Gasteiger partial charge on any atom is -0.371 e. The van der Waals surface area contributed by atoms with Crippen LogP contribution in [0.4, 0.5) is 5.69 Å². The quantitative estimate of drug-likeness (QED) is 0.856. The molecule has 1 aromatic carbocycles. The highest BCUT2D eigenvalue weighted by Gasteiger charge is 2.22. The van der Waals surface area contributed by atoms with Crippen molar-refractivity contribution in [2.75, 3.05) is 18.4 Å². The largest absolute Gasteiger partial charge is 0.371 e. The first-order valence-corrected chi connectivity index (χ1v) is 8.90. The van der Waals surface area contributed by atoms with Gasteiger partial charge >= 0.3 is 0 Å². The zero-order valence-corrected chi connectivity index (χ0v) is 15.2. The van der Waals surface area contributed by atoms with Crippen molar-refractivity contribution in [1.82, 2.24) is 9.88 Å². The van der Waals surface area contributed by atoms with Crippen LogP contribution < -0.4 is 5.32 Å². The molecule has 2 aromatic rings. The number of hydrogen-bond donors (Lipinski definition) is 1. The topological polar surface area (TPSA) is 52.0 Å². The normalized spacial score (nSPS) is 14.5. The smallest absolute Gasteiger partial charge is 0.0991 e. The van der Waals surface area contributed by atoms with E-state index in [9.17, 15) is 0 Å². The van der Waals surface area contributed by atoms with Crippen LogP contribution in [0.5, 0.6) is 0 Å². The van der Waals surface area contributed by atoms with Gasteiger partial charge in [-0.25, -0.2) is 0 Å². The number of nitrogens with one attached hydrogen (secondary N) is 1. The first kappa shape index (κ1) is 17.8. The van der Waals surface area contributed by atoms with Gasteiger partial charge in [0.15, 0.2) is 0 Å². The molecule has 26 heavy (non-hydrogen) atoms. The highest BCUT2D eigenvalue weighted by molar-refractivity contribution is 5.66. The molecule has 0 bridgehead atoms. The van der Waals surface area contributed by atoms with E-state index in [4.69, 9.17) is 5.26 Å². The van der Waals surface area contributed by atoms with E-state index >= 15 is 0 Å². The number of benzene rings is 1.